The molecule has 0 saturated heterocycles. The molecule has 0 aliphatic heterocycles. The summed E-state index contributed by atoms with van der Waals surface area (Å²) in [5.74, 6) is -1.16. The van der Waals surface area contributed by atoms with Crippen molar-refractivity contribution >= 4 is 11.9 Å². The number of halogens is 1. The maximum Gasteiger partial charge on any atom is 0.321 e. The molecule has 0 heterocycles. The van der Waals surface area contributed by atoms with Gasteiger partial charge in [-0.2, -0.15) is 0 Å². The van der Waals surface area contributed by atoms with Gasteiger partial charge in [0.15, 0.2) is 6.10 Å². The fourth-order valence-electron chi connectivity index (χ4n) is 1.62. The fourth-order valence-corrected chi connectivity index (χ4v) is 1.62. The van der Waals surface area contributed by atoms with Gasteiger partial charge in [-0.1, -0.05) is 0 Å². The Morgan fingerprint density at radius 2 is 2.05 bits per heavy atom. The second-order valence-electron chi connectivity index (χ2n) is 4.47. The summed E-state index contributed by atoms with van der Waals surface area (Å²) in [5.41, 5.74) is 0.356. The quantitative estimate of drug-likeness (QED) is 0.768. The van der Waals surface area contributed by atoms with Gasteiger partial charge < -0.3 is 15.2 Å². The molecule has 1 rings (SSSR count). The van der Waals surface area contributed by atoms with Gasteiger partial charge in [0.25, 0.3) is 5.91 Å². The zero-order chi connectivity index (χ0) is 16.0. The number of rotatable bonds is 5. The maximum absolute atomic E-state index is 13.2. The van der Waals surface area contributed by atoms with Crippen molar-refractivity contribution < 1.29 is 23.8 Å². The SMILES string of the molecule is CCNC(=O)NC(=O)C(C)Oc1cc(F)ccc1[C@@H](C)O. The topological polar surface area (TPSA) is 87.7 Å². The molecule has 1 aromatic carbocycles. The van der Waals surface area contributed by atoms with E-state index in [0.717, 1.165) is 6.07 Å². The van der Waals surface area contributed by atoms with Gasteiger partial charge >= 0.3 is 6.03 Å². The molecule has 0 bridgehead atoms. The summed E-state index contributed by atoms with van der Waals surface area (Å²) < 4.78 is 18.6. The van der Waals surface area contributed by atoms with E-state index in [1.54, 1.807) is 6.92 Å². The highest BCUT2D eigenvalue weighted by Crippen LogP contribution is 2.26. The summed E-state index contributed by atoms with van der Waals surface area (Å²) in [4.78, 5) is 23.0. The van der Waals surface area contributed by atoms with E-state index in [-0.39, 0.29) is 5.75 Å². The Kier molecular flexibility index (Phi) is 6.10. The monoisotopic (exact) mass is 298 g/mol. The zero-order valence-electron chi connectivity index (χ0n) is 12.1. The van der Waals surface area contributed by atoms with Crippen molar-refractivity contribution in [3.05, 3.63) is 29.6 Å². The van der Waals surface area contributed by atoms with Crippen LogP contribution in [0.2, 0.25) is 0 Å². The minimum absolute atomic E-state index is 0.0588. The molecule has 0 aliphatic carbocycles. The van der Waals surface area contributed by atoms with E-state index in [1.165, 1.54) is 26.0 Å². The average Bonchev–Trinajstić information content (AvgIpc) is 2.38. The predicted molar refractivity (Wildman–Crippen MR) is 74.3 cm³/mol. The van der Waals surface area contributed by atoms with Crippen molar-refractivity contribution in [3.63, 3.8) is 0 Å². The van der Waals surface area contributed by atoms with Gasteiger partial charge in [0.1, 0.15) is 11.6 Å². The van der Waals surface area contributed by atoms with Crippen LogP contribution in [0.25, 0.3) is 0 Å². The van der Waals surface area contributed by atoms with Crippen LogP contribution in [0.15, 0.2) is 18.2 Å². The van der Waals surface area contributed by atoms with Crippen molar-refractivity contribution in [2.24, 2.45) is 0 Å². The third-order valence-electron chi connectivity index (χ3n) is 2.67. The van der Waals surface area contributed by atoms with Crippen LogP contribution in [0.4, 0.5) is 9.18 Å². The van der Waals surface area contributed by atoms with E-state index in [2.05, 4.69) is 10.6 Å². The third kappa shape index (κ3) is 5.03. The van der Waals surface area contributed by atoms with E-state index >= 15 is 0 Å². The molecule has 7 heteroatoms. The number of hydrogen-bond donors (Lipinski definition) is 3. The highest BCUT2D eigenvalue weighted by molar-refractivity contribution is 5.96. The van der Waals surface area contributed by atoms with Crippen LogP contribution < -0.4 is 15.4 Å². The average molecular weight is 298 g/mol. The van der Waals surface area contributed by atoms with Gasteiger partial charge in [-0.15, -0.1) is 0 Å². The number of carbonyl (C=O) groups excluding carboxylic acids is 2. The summed E-state index contributed by atoms with van der Waals surface area (Å²) in [6.45, 7) is 5.01. The van der Waals surface area contributed by atoms with E-state index in [4.69, 9.17) is 4.74 Å². The second kappa shape index (κ2) is 7.58. The Balaban J connectivity index is 2.78. The Morgan fingerprint density at radius 3 is 2.62 bits per heavy atom. The van der Waals surface area contributed by atoms with Crippen molar-refractivity contribution in [2.45, 2.75) is 33.0 Å². The molecular formula is C14H19FN2O4. The first-order valence-electron chi connectivity index (χ1n) is 6.58. The van der Waals surface area contributed by atoms with Crippen molar-refractivity contribution in [1.82, 2.24) is 10.6 Å². The van der Waals surface area contributed by atoms with Gasteiger partial charge in [-0.25, -0.2) is 9.18 Å². The molecular weight excluding hydrogens is 279 g/mol. The number of hydrogen-bond acceptors (Lipinski definition) is 4. The summed E-state index contributed by atoms with van der Waals surface area (Å²) in [7, 11) is 0. The molecule has 1 unspecified atom stereocenters. The largest absolute Gasteiger partial charge is 0.480 e. The standard InChI is InChI=1S/C14H19FN2O4/c1-4-16-14(20)17-13(19)9(3)21-12-7-10(15)5-6-11(12)8(2)18/h5-9,18H,4H2,1-3H3,(H2,16,17,19,20)/t8-,9?/m1/s1. The molecule has 0 spiro atoms. The molecule has 2 atom stereocenters. The lowest BCUT2D eigenvalue weighted by Crippen LogP contribution is -2.45. The van der Waals surface area contributed by atoms with Crippen molar-refractivity contribution in [3.8, 4) is 5.75 Å². The number of ether oxygens (including phenoxy) is 1. The number of imide groups is 1. The number of amides is 3. The number of urea groups is 1. The smallest absolute Gasteiger partial charge is 0.321 e. The van der Waals surface area contributed by atoms with E-state index < -0.39 is 30.0 Å². The van der Waals surface area contributed by atoms with Crippen LogP contribution >= 0.6 is 0 Å². The van der Waals surface area contributed by atoms with E-state index in [9.17, 15) is 19.1 Å². The summed E-state index contributed by atoms with van der Waals surface area (Å²) in [6.07, 6.45) is -1.90. The Bertz CT molecular complexity index is 520. The second-order valence-corrected chi connectivity index (χ2v) is 4.47. The lowest BCUT2D eigenvalue weighted by molar-refractivity contribution is -0.126. The summed E-state index contributed by atoms with van der Waals surface area (Å²) in [6, 6.07) is 3.02. The molecule has 3 amide bonds. The molecule has 3 N–H and O–H groups in total. The molecule has 116 valence electrons. The van der Waals surface area contributed by atoms with Gasteiger partial charge in [0.2, 0.25) is 0 Å². The van der Waals surface area contributed by atoms with Crippen molar-refractivity contribution in [1.29, 1.82) is 0 Å². The number of nitrogens with one attached hydrogen (secondary N) is 2. The first kappa shape index (κ1) is 16.9. The zero-order valence-corrected chi connectivity index (χ0v) is 12.1. The highest BCUT2D eigenvalue weighted by atomic mass is 19.1. The van der Waals surface area contributed by atoms with Gasteiger partial charge in [0, 0.05) is 18.2 Å². The Labute approximate surface area is 122 Å². The fraction of sp³-hybridized carbons (Fsp3) is 0.429. The molecule has 21 heavy (non-hydrogen) atoms. The lowest BCUT2D eigenvalue weighted by Gasteiger charge is -2.18. The minimum Gasteiger partial charge on any atom is -0.480 e. The van der Waals surface area contributed by atoms with E-state index in [1.807, 2.05) is 0 Å². The molecule has 6 nitrogen and oxygen atoms in total. The van der Waals surface area contributed by atoms with Gasteiger partial charge in [-0.05, 0) is 32.9 Å². The third-order valence-corrected chi connectivity index (χ3v) is 2.67. The Hall–Kier alpha value is -2.15. The first-order chi connectivity index (χ1) is 9.85. The lowest BCUT2D eigenvalue weighted by atomic mass is 10.1. The Morgan fingerprint density at radius 1 is 1.38 bits per heavy atom. The van der Waals surface area contributed by atoms with Crippen LogP contribution in [0, 0.1) is 5.82 Å². The van der Waals surface area contributed by atoms with Crippen LogP contribution in [0.3, 0.4) is 0 Å². The van der Waals surface area contributed by atoms with Crippen molar-refractivity contribution in [2.75, 3.05) is 6.54 Å². The minimum atomic E-state index is -1.02. The normalized spacial score (nSPS) is 13.2. The van der Waals surface area contributed by atoms with Gasteiger partial charge in [-0.3, -0.25) is 10.1 Å². The van der Waals surface area contributed by atoms with Crippen LogP contribution in [-0.2, 0) is 4.79 Å². The van der Waals surface area contributed by atoms with Crippen LogP contribution in [0.1, 0.15) is 32.4 Å². The number of benzene rings is 1. The predicted octanol–water partition coefficient (Wildman–Crippen LogP) is 1.49. The number of aliphatic hydroxyl groups excluding tert-OH is 1. The summed E-state index contributed by atoms with van der Waals surface area (Å²) >= 11 is 0. The molecule has 0 fully saturated rings. The molecule has 0 aliphatic rings. The maximum atomic E-state index is 13.2. The molecule has 0 radical (unpaired) electrons. The number of aliphatic hydroxyl groups is 1. The highest BCUT2D eigenvalue weighted by Gasteiger charge is 2.20. The van der Waals surface area contributed by atoms with E-state index in [0.29, 0.717) is 12.1 Å². The first-order valence-corrected chi connectivity index (χ1v) is 6.58. The van der Waals surface area contributed by atoms with Gasteiger partial charge in [0.05, 0.1) is 6.10 Å². The molecule has 0 aromatic heterocycles. The molecule has 0 saturated carbocycles. The van der Waals surface area contributed by atoms with Crippen LogP contribution in [0.5, 0.6) is 5.75 Å². The van der Waals surface area contributed by atoms with Crippen LogP contribution in [-0.4, -0.2) is 29.7 Å². The summed E-state index contributed by atoms with van der Waals surface area (Å²) in [5, 5.41) is 14.1. The molecule has 1 aromatic rings. The number of carbonyl (C=O) groups is 2.